The van der Waals surface area contributed by atoms with Crippen molar-refractivity contribution in [2.24, 2.45) is 0 Å². The van der Waals surface area contributed by atoms with Gasteiger partial charge in [0.1, 0.15) is 5.65 Å². The second-order valence-electron chi connectivity index (χ2n) is 5.55. The van der Waals surface area contributed by atoms with Gasteiger partial charge in [0.25, 0.3) is 0 Å². The molecule has 1 aromatic carbocycles. The lowest BCUT2D eigenvalue weighted by Crippen LogP contribution is -1.90. The summed E-state index contributed by atoms with van der Waals surface area (Å²) in [6, 6.07) is 14.2. The van der Waals surface area contributed by atoms with E-state index in [4.69, 9.17) is 4.98 Å². The predicted octanol–water partition coefficient (Wildman–Crippen LogP) is 4.90. The average Bonchev–Trinajstić information content (AvgIpc) is 3.30. The van der Waals surface area contributed by atoms with Crippen molar-refractivity contribution in [3.8, 4) is 21.8 Å². The summed E-state index contributed by atoms with van der Waals surface area (Å²) in [4.78, 5) is 18.1. The van der Waals surface area contributed by atoms with E-state index in [9.17, 15) is 0 Å². The number of hydrogen-bond donors (Lipinski definition) is 1. The van der Waals surface area contributed by atoms with Crippen molar-refractivity contribution in [2.75, 3.05) is 0 Å². The minimum absolute atomic E-state index is 0.716. The topological polar surface area (TPSA) is 54.5 Å². The summed E-state index contributed by atoms with van der Waals surface area (Å²) >= 11 is 1.71. The zero-order valence-corrected chi connectivity index (χ0v) is 13.4. The molecule has 0 radical (unpaired) electrons. The van der Waals surface area contributed by atoms with E-state index in [1.165, 1.54) is 4.88 Å². The van der Waals surface area contributed by atoms with E-state index in [-0.39, 0.29) is 0 Å². The molecular weight excluding hydrogens is 316 g/mol. The Morgan fingerprint density at radius 1 is 1.00 bits per heavy atom. The van der Waals surface area contributed by atoms with Crippen molar-refractivity contribution in [1.82, 2.24) is 19.9 Å². The van der Waals surface area contributed by atoms with E-state index in [2.05, 4.69) is 38.5 Å². The molecule has 5 aromatic rings. The molecule has 0 aliphatic carbocycles. The van der Waals surface area contributed by atoms with Crippen LogP contribution < -0.4 is 0 Å². The zero-order valence-electron chi connectivity index (χ0n) is 12.6. The van der Waals surface area contributed by atoms with Gasteiger partial charge in [-0.05, 0) is 35.7 Å². The lowest BCUT2D eigenvalue weighted by atomic mass is 10.1. The van der Waals surface area contributed by atoms with E-state index in [0.717, 1.165) is 33.1 Å². The highest BCUT2D eigenvalue weighted by molar-refractivity contribution is 7.13. The first kappa shape index (κ1) is 13.4. The van der Waals surface area contributed by atoms with Gasteiger partial charge in [0, 0.05) is 45.4 Å². The van der Waals surface area contributed by atoms with Gasteiger partial charge < -0.3 is 4.98 Å². The molecule has 0 amide bonds. The molecule has 5 rings (SSSR count). The Balaban J connectivity index is 1.64. The van der Waals surface area contributed by atoms with Crippen molar-refractivity contribution in [1.29, 1.82) is 0 Å². The fourth-order valence-electron chi connectivity index (χ4n) is 2.90. The van der Waals surface area contributed by atoms with Crippen LogP contribution in [0.15, 0.2) is 66.4 Å². The van der Waals surface area contributed by atoms with Crippen LogP contribution in [0, 0.1) is 0 Å². The fraction of sp³-hybridized carbons (Fsp3) is 0. The largest absolute Gasteiger partial charge is 0.345 e. The monoisotopic (exact) mass is 328 g/mol. The third-order valence-electron chi connectivity index (χ3n) is 4.08. The van der Waals surface area contributed by atoms with Crippen LogP contribution in [0.5, 0.6) is 0 Å². The maximum Gasteiger partial charge on any atom is 0.161 e. The molecule has 0 saturated heterocycles. The Hall–Kier alpha value is -3.05. The molecule has 0 spiro atoms. The highest BCUT2D eigenvalue weighted by atomic mass is 32.1. The lowest BCUT2D eigenvalue weighted by Gasteiger charge is -2.03. The first-order valence-corrected chi connectivity index (χ1v) is 8.50. The first-order chi connectivity index (χ1) is 11.9. The molecule has 5 heteroatoms. The molecule has 4 nitrogen and oxygen atoms in total. The number of nitrogens with zero attached hydrogens (tertiary/aromatic N) is 3. The molecule has 1 N–H and O–H groups in total. The molecule has 0 bridgehead atoms. The highest BCUT2D eigenvalue weighted by Crippen LogP contribution is 2.31. The van der Waals surface area contributed by atoms with Crippen LogP contribution in [0.4, 0.5) is 0 Å². The molecule has 4 heterocycles. The van der Waals surface area contributed by atoms with E-state index in [0.29, 0.717) is 5.82 Å². The smallest absolute Gasteiger partial charge is 0.161 e. The zero-order chi connectivity index (χ0) is 15.9. The molecule has 4 aromatic heterocycles. The molecule has 24 heavy (non-hydrogen) atoms. The van der Waals surface area contributed by atoms with Gasteiger partial charge in [0.2, 0.25) is 0 Å². The summed E-state index contributed by atoms with van der Waals surface area (Å²) in [5.74, 6) is 0.716. The summed E-state index contributed by atoms with van der Waals surface area (Å²) in [5.41, 5.74) is 3.97. The third kappa shape index (κ3) is 2.10. The number of pyridine rings is 1. The van der Waals surface area contributed by atoms with E-state index in [1.807, 2.05) is 36.7 Å². The van der Waals surface area contributed by atoms with Gasteiger partial charge in [-0.2, -0.15) is 0 Å². The van der Waals surface area contributed by atoms with E-state index in [1.54, 1.807) is 17.5 Å². The molecule has 0 aliphatic rings. The Labute approximate surface area is 141 Å². The Kier molecular flexibility index (Phi) is 2.93. The van der Waals surface area contributed by atoms with Crippen molar-refractivity contribution >= 4 is 33.3 Å². The minimum atomic E-state index is 0.716. The van der Waals surface area contributed by atoms with Crippen LogP contribution in [0.25, 0.3) is 43.8 Å². The summed E-state index contributed by atoms with van der Waals surface area (Å²) in [5, 5.41) is 4.21. The molecule has 114 valence electrons. The van der Waals surface area contributed by atoms with Gasteiger partial charge in [-0.1, -0.05) is 12.1 Å². The Morgan fingerprint density at radius 3 is 2.92 bits per heavy atom. The number of benzene rings is 1. The van der Waals surface area contributed by atoms with E-state index < -0.39 is 0 Å². The molecular formula is C19H12N4S. The number of H-pyrrole nitrogens is 1. The van der Waals surface area contributed by atoms with Crippen LogP contribution in [0.1, 0.15) is 0 Å². The quantitative estimate of drug-likeness (QED) is 0.501. The number of fused-ring (bicyclic) bond motifs is 2. The summed E-state index contributed by atoms with van der Waals surface area (Å²) in [7, 11) is 0. The second kappa shape index (κ2) is 5.25. The van der Waals surface area contributed by atoms with Crippen LogP contribution >= 0.6 is 11.3 Å². The van der Waals surface area contributed by atoms with Crippen LogP contribution in [0.3, 0.4) is 0 Å². The molecule has 0 saturated carbocycles. The number of thiophene rings is 1. The van der Waals surface area contributed by atoms with Crippen molar-refractivity contribution < 1.29 is 0 Å². The summed E-state index contributed by atoms with van der Waals surface area (Å²) in [6.07, 6.45) is 5.70. The van der Waals surface area contributed by atoms with Crippen molar-refractivity contribution in [3.63, 3.8) is 0 Å². The van der Waals surface area contributed by atoms with Crippen LogP contribution in [0.2, 0.25) is 0 Å². The third-order valence-corrected chi connectivity index (χ3v) is 4.98. The van der Waals surface area contributed by atoms with Gasteiger partial charge in [-0.25, -0.2) is 9.97 Å². The maximum atomic E-state index is 4.70. The van der Waals surface area contributed by atoms with Gasteiger partial charge >= 0.3 is 0 Å². The molecule has 0 atom stereocenters. The number of aromatic nitrogens is 4. The van der Waals surface area contributed by atoms with Gasteiger partial charge in [-0.3, -0.25) is 4.98 Å². The van der Waals surface area contributed by atoms with Gasteiger partial charge in [0.05, 0.1) is 5.52 Å². The number of nitrogens with one attached hydrogen (secondary N) is 1. The second-order valence-corrected chi connectivity index (χ2v) is 6.49. The predicted molar refractivity (Wildman–Crippen MR) is 97.9 cm³/mol. The van der Waals surface area contributed by atoms with E-state index >= 15 is 0 Å². The van der Waals surface area contributed by atoms with Gasteiger partial charge in [-0.15, -0.1) is 11.3 Å². The SMILES string of the molecule is c1csc(-c2c[nH]c3nc(-c4ccc5ncccc5c4)ncc23)c1. The fourth-order valence-corrected chi connectivity index (χ4v) is 3.65. The summed E-state index contributed by atoms with van der Waals surface area (Å²) < 4.78 is 0. The van der Waals surface area contributed by atoms with Gasteiger partial charge in [0.15, 0.2) is 5.82 Å². The average molecular weight is 328 g/mol. The van der Waals surface area contributed by atoms with Crippen LogP contribution in [-0.2, 0) is 0 Å². The van der Waals surface area contributed by atoms with Crippen molar-refractivity contribution in [2.45, 2.75) is 0 Å². The number of hydrogen-bond acceptors (Lipinski definition) is 4. The number of aromatic amines is 1. The summed E-state index contributed by atoms with van der Waals surface area (Å²) in [6.45, 7) is 0. The van der Waals surface area contributed by atoms with Crippen LogP contribution in [-0.4, -0.2) is 19.9 Å². The van der Waals surface area contributed by atoms with Crippen molar-refractivity contribution in [3.05, 3.63) is 66.4 Å². The maximum absolute atomic E-state index is 4.70. The molecule has 0 unspecified atom stereocenters. The number of rotatable bonds is 2. The molecule has 0 aliphatic heterocycles. The first-order valence-electron chi connectivity index (χ1n) is 7.62. The molecule has 0 fully saturated rings. The Morgan fingerprint density at radius 2 is 2.00 bits per heavy atom. The highest BCUT2D eigenvalue weighted by Gasteiger charge is 2.11. The normalized spacial score (nSPS) is 11.3. The lowest BCUT2D eigenvalue weighted by molar-refractivity contribution is 1.21. The minimum Gasteiger partial charge on any atom is -0.345 e. The standard InChI is InChI=1S/C19H12N4S/c1-3-12-9-13(5-6-16(12)20-7-1)18-21-11-15-14(10-22-19(15)23-18)17-4-2-8-24-17/h1-11H,(H,21,22,23). The Bertz CT molecular complexity index is 1160.